The molecule has 0 heterocycles. The molecule has 2 rings (SSSR count). The van der Waals surface area contributed by atoms with E-state index in [0.29, 0.717) is 11.3 Å². The predicted molar refractivity (Wildman–Crippen MR) is 103 cm³/mol. The number of para-hydroxylation sites is 1. The van der Waals surface area contributed by atoms with Crippen molar-refractivity contribution in [2.45, 2.75) is 26.8 Å². The molecular formula is C21H25FN2O3. The molecule has 0 aromatic heterocycles. The van der Waals surface area contributed by atoms with Crippen molar-refractivity contribution in [3.63, 3.8) is 0 Å². The van der Waals surface area contributed by atoms with E-state index in [9.17, 15) is 14.0 Å². The maximum atomic E-state index is 13.1. The summed E-state index contributed by atoms with van der Waals surface area (Å²) in [6.45, 7) is 6.09. The highest BCUT2D eigenvalue weighted by Gasteiger charge is 2.18. The lowest BCUT2D eigenvalue weighted by Crippen LogP contribution is -2.34. The molecule has 6 heteroatoms. The van der Waals surface area contributed by atoms with E-state index in [0.717, 1.165) is 5.56 Å². The van der Waals surface area contributed by atoms with Crippen LogP contribution in [0, 0.1) is 11.7 Å². The number of benzene rings is 2. The van der Waals surface area contributed by atoms with Gasteiger partial charge in [0, 0.05) is 6.04 Å². The van der Waals surface area contributed by atoms with Crippen molar-refractivity contribution >= 4 is 17.6 Å². The Morgan fingerprint density at radius 1 is 1.07 bits per heavy atom. The van der Waals surface area contributed by atoms with E-state index in [1.807, 2.05) is 13.8 Å². The smallest absolute Gasteiger partial charge is 0.340 e. The Labute approximate surface area is 158 Å². The third kappa shape index (κ3) is 5.89. The van der Waals surface area contributed by atoms with E-state index in [1.54, 1.807) is 43.3 Å². The molecule has 2 aromatic carbocycles. The summed E-state index contributed by atoms with van der Waals surface area (Å²) in [6.07, 6.45) is 0. The summed E-state index contributed by atoms with van der Waals surface area (Å²) >= 11 is 0. The van der Waals surface area contributed by atoms with Crippen LogP contribution in [0.5, 0.6) is 0 Å². The number of rotatable bonds is 8. The van der Waals surface area contributed by atoms with Gasteiger partial charge in [0.1, 0.15) is 5.82 Å². The van der Waals surface area contributed by atoms with Crippen molar-refractivity contribution in [2.75, 3.05) is 18.5 Å². The zero-order valence-corrected chi connectivity index (χ0v) is 15.8. The molecule has 27 heavy (non-hydrogen) atoms. The summed E-state index contributed by atoms with van der Waals surface area (Å²) in [7, 11) is 0. The first-order valence-electron chi connectivity index (χ1n) is 8.97. The lowest BCUT2D eigenvalue weighted by atomic mass is 9.96. The molecule has 0 fully saturated rings. The SMILES string of the molecule is CCOC(=O)c1ccccc1NC(=O)CN[C@@H](c1ccc(F)cc1)C(C)C. The van der Waals surface area contributed by atoms with Crippen LogP contribution in [0.4, 0.5) is 10.1 Å². The van der Waals surface area contributed by atoms with Gasteiger partial charge in [-0.2, -0.15) is 0 Å². The number of amides is 1. The average Bonchev–Trinajstić information content (AvgIpc) is 2.63. The molecular weight excluding hydrogens is 347 g/mol. The van der Waals surface area contributed by atoms with Crippen LogP contribution in [0.3, 0.4) is 0 Å². The second-order valence-electron chi connectivity index (χ2n) is 6.47. The number of carbonyl (C=O) groups is 2. The number of hydrogen-bond acceptors (Lipinski definition) is 4. The maximum Gasteiger partial charge on any atom is 0.340 e. The molecule has 0 aliphatic rings. The normalized spacial score (nSPS) is 11.9. The van der Waals surface area contributed by atoms with Crippen molar-refractivity contribution in [3.8, 4) is 0 Å². The molecule has 0 saturated heterocycles. The topological polar surface area (TPSA) is 67.4 Å². The third-order valence-corrected chi connectivity index (χ3v) is 4.07. The van der Waals surface area contributed by atoms with Gasteiger partial charge >= 0.3 is 5.97 Å². The number of carbonyl (C=O) groups excluding carboxylic acids is 2. The minimum Gasteiger partial charge on any atom is -0.462 e. The van der Waals surface area contributed by atoms with E-state index < -0.39 is 5.97 Å². The summed E-state index contributed by atoms with van der Waals surface area (Å²) in [6, 6.07) is 12.8. The number of hydrogen-bond donors (Lipinski definition) is 2. The van der Waals surface area contributed by atoms with Crippen LogP contribution in [-0.4, -0.2) is 25.0 Å². The Hall–Kier alpha value is -2.73. The van der Waals surface area contributed by atoms with Gasteiger partial charge in [-0.1, -0.05) is 38.1 Å². The van der Waals surface area contributed by atoms with Gasteiger partial charge in [-0.05, 0) is 42.7 Å². The Morgan fingerprint density at radius 2 is 1.74 bits per heavy atom. The number of esters is 1. The first kappa shape index (κ1) is 20.6. The lowest BCUT2D eigenvalue weighted by Gasteiger charge is -2.23. The van der Waals surface area contributed by atoms with E-state index in [-0.39, 0.29) is 36.8 Å². The molecule has 0 spiro atoms. The molecule has 2 N–H and O–H groups in total. The molecule has 0 saturated carbocycles. The van der Waals surface area contributed by atoms with Crippen LogP contribution >= 0.6 is 0 Å². The van der Waals surface area contributed by atoms with E-state index in [1.165, 1.54) is 12.1 Å². The van der Waals surface area contributed by atoms with Crippen molar-refractivity contribution in [1.29, 1.82) is 0 Å². The molecule has 0 radical (unpaired) electrons. The van der Waals surface area contributed by atoms with E-state index in [2.05, 4.69) is 10.6 Å². The Morgan fingerprint density at radius 3 is 2.37 bits per heavy atom. The van der Waals surface area contributed by atoms with Crippen LogP contribution < -0.4 is 10.6 Å². The zero-order chi connectivity index (χ0) is 19.8. The largest absolute Gasteiger partial charge is 0.462 e. The van der Waals surface area contributed by atoms with Gasteiger partial charge in [-0.3, -0.25) is 4.79 Å². The first-order chi connectivity index (χ1) is 12.9. The van der Waals surface area contributed by atoms with E-state index in [4.69, 9.17) is 4.74 Å². The second-order valence-corrected chi connectivity index (χ2v) is 6.47. The number of ether oxygens (including phenoxy) is 1. The monoisotopic (exact) mass is 372 g/mol. The van der Waals surface area contributed by atoms with Crippen LogP contribution in [0.1, 0.15) is 42.7 Å². The Balaban J connectivity index is 2.03. The molecule has 0 aliphatic heterocycles. The fourth-order valence-electron chi connectivity index (χ4n) is 2.78. The summed E-state index contributed by atoms with van der Waals surface area (Å²) in [5.41, 5.74) is 1.63. The molecule has 0 bridgehead atoms. The van der Waals surface area contributed by atoms with Crippen molar-refractivity contribution in [2.24, 2.45) is 5.92 Å². The number of nitrogens with one attached hydrogen (secondary N) is 2. The molecule has 0 aliphatic carbocycles. The van der Waals surface area contributed by atoms with Crippen molar-refractivity contribution in [3.05, 3.63) is 65.5 Å². The van der Waals surface area contributed by atoms with Gasteiger partial charge in [0.15, 0.2) is 0 Å². The van der Waals surface area contributed by atoms with Crippen LogP contribution in [-0.2, 0) is 9.53 Å². The first-order valence-corrected chi connectivity index (χ1v) is 8.97. The highest BCUT2D eigenvalue weighted by molar-refractivity contribution is 6.01. The summed E-state index contributed by atoms with van der Waals surface area (Å²) in [5, 5.41) is 5.94. The third-order valence-electron chi connectivity index (χ3n) is 4.07. The highest BCUT2D eigenvalue weighted by atomic mass is 19.1. The molecule has 1 atom stereocenters. The second kappa shape index (κ2) is 9.83. The average molecular weight is 372 g/mol. The summed E-state index contributed by atoms with van der Waals surface area (Å²) in [4.78, 5) is 24.4. The van der Waals surface area contributed by atoms with Crippen LogP contribution in [0.15, 0.2) is 48.5 Å². The summed E-state index contributed by atoms with van der Waals surface area (Å²) < 4.78 is 18.2. The number of anilines is 1. The van der Waals surface area contributed by atoms with Gasteiger partial charge in [-0.25, -0.2) is 9.18 Å². The van der Waals surface area contributed by atoms with Crippen LogP contribution in [0.2, 0.25) is 0 Å². The van der Waals surface area contributed by atoms with Crippen molar-refractivity contribution in [1.82, 2.24) is 5.32 Å². The van der Waals surface area contributed by atoms with Gasteiger partial charge in [-0.15, -0.1) is 0 Å². The Kier molecular flexibility index (Phi) is 7.49. The Bertz CT molecular complexity index is 775. The number of halogens is 1. The highest BCUT2D eigenvalue weighted by Crippen LogP contribution is 2.22. The quantitative estimate of drug-likeness (QED) is 0.689. The predicted octanol–water partition coefficient (Wildman–Crippen LogP) is 3.93. The molecule has 5 nitrogen and oxygen atoms in total. The minimum absolute atomic E-state index is 0.0530. The molecule has 144 valence electrons. The molecule has 1 amide bonds. The zero-order valence-electron chi connectivity index (χ0n) is 15.8. The maximum absolute atomic E-state index is 13.1. The van der Waals surface area contributed by atoms with E-state index >= 15 is 0 Å². The van der Waals surface area contributed by atoms with Gasteiger partial charge < -0.3 is 15.4 Å². The lowest BCUT2D eigenvalue weighted by molar-refractivity contribution is -0.115. The fourth-order valence-corrected chi connectivity index (χ4v) is 2.78. The fraction of sp³-hybridized carbons (Fsp3) is 0.333. The van der Waals surface area contributed by atoms with Crippen LogP contribution in [0.25, 0.3) is 0 Å². The molecule has 2 aromatic rings. The standard InChI is InChI=1S/C21H25FN2O3/c1-4-27-21(26)17-7-5-6-8-18(17)24-19(25)13-23-20(14(2)3)15-9-11-16(22)12-10-15/h5-12,14,20,23H,4,13H2,1-3H3,(H,24,25)/t20-/m1/s1. The van der Waals surface area contributed by atoms with Gasteiger partial charge in [0.25, 0.3) is 0 Å². The summed E-state index contributed by atoms with van der Waals surface area (Å²) in [5.74, 6) is -0.850. The molecule has 0 unspecified atom stereocenters. The van der Waals surface area contributed by atoms with Crippen molar-refractivity contribution < 1.29 is 18.7 Å². The van der Waals surface area contributed by atoms with Gasteiger partial charge in [0.2, 0.25) is 5.91 Å². The minimum atomic E-state index is -0.479. The van der Waals surface area contributed by atoms with Gasteiger partial charge in [0.05, 0.1) is 24.4 Å².